The average molecular weight is 1290 g/mol. The summed E-state index contributed by atoms with van der Waals surface area (Å²) in [5.74, 6) is 6.43. The van der Waals surface area contributed by atoms with Crippen molar-refractivity contribution in [3.63, 3.8) is 0 Å². The molecule has 0 N–H and O–H groups in total. The molecule has 0 radical (unpaired) electrons. The van der Waals surface area contributed by atoms with Gasteiger partial charge in [-0.1, -0.05) is 163 Å². The number of ether oxygens (including phenoxy) is 4. The van der Waals surface area contributed by atoms with Crippen LogP contribution in [0.1, 0.15) is 0 Å². The molecule has 10 aliphatic rings. The fourth-order valence-electron chi connectivity index (χ4n) is 17.5. The Morgan fingerprint density at radius 2 is 0.582 bits per heavy atom. The molecule has 0 fully saturated rings. The molecule has 454 valence electrons. The Morgan fingerprint density at radius 3 is 1.10 bits per heavy atom. The van der Waals surface area contributed by atoms with Gasteiger partial charge >= 0.3 is 0 Å². The number of nitrogens with zero attached hydrogens (tertiary/aromatic N) is 6. The molecular weight excluding hydrogens is 1240 g/mol. The van der Waals surface area contributed by atoms with E-state index in [4.69, 9.17) is 18.9 Å². The summed E-state index contributed by atoms with van der Waals surface area (Å²) in [6.45, 7) is -0.295. The second kappa shape index (κ2) is 18.9. The van der Waals surface area contributed by atoms with Crippen molar-refractivity contribution in [2.75, 3.05) is 29.4 Å². The van der Waals surface area contributed by atoms with Gasteiger partial charge in [-0.2, -0.15) is 0 Å². The largest absolute Gasteiger partial charge is 0.453 e. The second-order valence-electron chi connectivity index (χ2n) is 26.2. The zero-order valence-corrected chi connectivity index (χ0v) is 53.5. The highest BCUT2D eigenvalue weighted by Gasteiger charge is 2.51. The monoisotopic (exact) mass is 1290 g/mol. The Balaban J connectivity index is 0.745. The predicted octanol–water partition coefficient (Wildman–Crippen LogP) is 19.8. The van der Waals surface area contributed by atoms with Crippen LogP contribution in [0, 0.1) is 0 Å². The molecule has 24 rings (SSSR count). The smallest absolute Gasteiger partial charge is 0.252 e. The molecule has 14 aromatic rings. The Labute approximate surface area is 572 Å². The summed E-state index contributed by atoms with van der Waals surface area (Å²) in [7, 11) is 0. The van der Waals surface area contributed by atoms with Gasteiger partial charge in [0.25, 0.3) is 13.4 Å². The van der Waals surface area contributed by atoms with Gasteiger partial charge in [-0.15, -0.1) is 0 Å². The van der Waals surface area contributed by atoms with Crippen molar-refractivity contribution in [1.29, 1.82) is 0 Å². The second-order valence-corrected chi connectivity index (χ2v) is 28.4. The highest BCUT2D eigenvalue weighted by atomic mass is 32.2. The van der Waals surface area contributed by atoms with Crippen molar-refractivity contribution >= 4 is 172 Å². The first kappa shape index (κ1) is 52.2. The van der Waals surface area contributed by atoms with Gasteiger partial charge in [-0.3, -0.25) is 0 Å². The molecule has 14 aromatic carbocycles. The summed E-state index contributed by atoms with van der Waals surface area (Å²) in [6.07, 6.45) is 0. The van der Waals surface area contributed by atoms with Crippen LogP contribution in [-0.2, 0) is 0 Å². The van der Waals surface area contributed by atoms with E-state index >= 15 is 0 Å². The number of benzene rings is 14. The molecule has 0 aromatic heterocycles. The normalized spacial score (nSPS) is 14.8. The van der Waals surface area contributed by atoms with Crippen LogP contribution in [0.5, 0.6) is 46.0 Å². The third kappa shape index (κ3) is 6.72. The van der Waals surface area contributed by atoms with E-state index in [-0.39, 0.29) is 13.4 Å². The third-order valence-electron chi connectivity index (χ3n) is 21.2. The van der Waals surface area contributed by atoms with Crippen LogP contribution in [0.4, 0.5) is 102 Å². The molecule has 98 heavy (non-hydrogen) atoms. The van der Waals surface area contributed by atoms with Gasteiger partial charge in [0, 0.05) is 47.9 Å². The first-order chi connectivity index (χ1) is 48.6. The van der Waals surface area contributed by atoms with Crippen molar-refractivity contribution in [3.8, 4) is 57.1 Å². The molecule has 0 aliphatic carbocycles. The predicted molar refractivity (Wildman–Crippen MR) is 398 cm³/mol. The molecule has 10 aliphatic heterocycles. The van der Waals surface area contributed by atoms with Gasteiger partial charge in [0.2, 0.25) is 0 Å². The summed E-state index contributed by atoms with van der Waals surface area (Å²) < 4.78 is 28.0. The topological polar surface area (TPSA) is 56.4 Å². The average Bonchev–Trinajstić information content (AvgIpc) is 0.685. The number of para-hydroxylation sites is 16. The van der Waals surface area contributed by atoms with Gasteiger partial charge in [0.05, 0.1) is 79.6 Å². The minimum absolute atomic E-state index is 0.135. The third-order valence-corrected chi connectivity index (χ3v) is 23.4. The number of rotatable bonds is 3. The lowest BCUT2D eigenvalue weighted by molar-refractivity contribution is 0.476. The van der Waals surface area contributed by atoms with E-state index in [1.54, 1.807) is 0 Å². The SMILES string of the molecule is c1ccc2c(c1)Oc1ccccc1N2c1cc2c3c(c1)N1c4ccccc4Sc4cc(-c5cccc6c5Oc5ccccc5N6c5cc6c7c(c5)N5c8ccccc8Oc8cccc(c85)B7c5cccc7c5N6c5ccccc5O7)cc(c41)B3c1cccc3c1N2c1ccccc1S3. The Kier molecular flexibility index (Phi) is 10.1. The van der Waals surface area contributed by atoms with Crippen molar-refractivity contribution in [3.05, 3.63) is 279 Å². The molecule has 10 nitrogen and oxygen atoms in total. The van der Waals surface area contributed by atoms with E-state index < -0.39 is 0 Å². The maximum Gasteiger partial charge on any atom is 0.252 e. The summed E-state index contributed by atoms with van der Waals surface area (Å²) in [4.78, 5) is 19.7. The zero-order chi connectivity index (χ0) is 63.3. The zero-order valence-electron chi connectivity index (χ0n) is 51.8. The highest BCUT2D eigenvalue weighted by Crippen LogP contribution is 2.63. The molecule has 10 heterocycles. The minimum Gasteiger partial charge on any atom is -0.453 e. The van der Waals surface area contributed by atoms with E-state index in [1.807, 2.05) is 23.5 Å². The number of anilines is 18. The van der Waals surface area contributed by atoms with Crippen LogP contribution in [0.3, 0.4) is 0 Å². The lowest BCUT2D eigenvalue weighted by Crippen LogP contribution is -2.62. The van der Waals surface area contributed by atoms with Crippen molar-refractivity contribution in [1.82, 2.24) is 0 Å². The summed E-state index contributed by atoms with van der Waals surface area (Å²) in [6, 6.07) is 102. The molecule has 0 spiro atoms. The molecule has 0 atom stereocenters. The molecule has 0 unspecified atom stereocenters. The van der Waals surface area contributed by atoms with E-state index in [1.165, 1.54) is 69.4 Å². The standard InChI is InChI=1S/C84H46B2N6O4S2/c1-8-31-67-55(23-1)87(56-24-2-9-32-68(56)93-67)48-43-65-79-66(44-48)92-61-29-7-14-39-75(61)98-77-42-47(41-54(83(77)92)86(79)53-22-18-40-76-82(53)91(65)60-28-6-13-38-74(60)97-76)50-19-15-30-62-84(50)96-71-35-12-3-25-57(71)88(62)49-45-63-78-64(46-49)90-59-27-5-11-34-70(59)95-73-37-17-21-52(81(73)90)85(78)51-20-16-36-72-80(51)89(63)58-26-4-10-33-69(58)94-72/h1-46H. The van der Waals surface area contributed by atoms with E-state index in [9.17, 15) is 0 Å². The van der Waals surface area contributed by atoms with Crippen LogP contribution < -0.4 is 81.1 Å². The maximum atomic E-state index is 7.51. The minimum atomic E-state index is -0.160. The fraction of sp³-hybridized carbons (Fsp3) is 0. The number of hydrogen-bond donors (Lipinski definition) is 0. The Bertz CT molecular complexity index is 5860. The molecule has 0 amide bonds. The molecular formula is C84H46B2N6O4S2. The lowest BCUT2D eigenvalue weighted by atomic mass is 9.33. The summed E-state index contributed by atoms with van der Waals surface area (Å²) in [5, 5.41) is 0. The van der Waals surface area contributed by atoms with Crippen molar-refractivity contribution in [2.45, 2.75) is 19.6 Å². The molecule has 0 bridgehead atoms. The first-order valence-corrected chi connectivity index (χ1v) is 34.8. The Hall–Kier alpha value is -12.1. The lowest BCUT2D eigenvalue weighted by Gasteiger charge is -2.48. The first-order valence-electron chi connectivity index (χ1n) is 33.2. The van der Waals surface area contributed by atoms with Crippen molar-refractivity contribution in [2.24, 2.45) is 0 Å². The van der Waals surface area contributed by atoms with Gasteiger partial charge in [-0.25, -0.2) is 0 Å². The Morgan fingerprint density at radius 1 is 0.235 bits per heavy atom. The summed E-state index contributed by atoms with van der Waals surface area (Å²) in [5.41, 5.74) is 28.6. The number of fused-ring (bicyclic) bond motifs is 20. The molecule has 0 saturated carbocycles. The van der Waals surface area contributed by atoms with Crippen LogP contribution in [0.2, 0.25) is 0 Å². The van der Waals surface area contributed by atoms with Crippen LogP contribution in [0.15, 0.2) is 299 Å². The van der Waals surface area contributed by atoms with E-state index in [0.29, 0.717) is 0 Å². The van der Waals surface area contributed by atoms with Gasteiger partial charge in [0.1, 0.15) is 0 Å². The number of hydrogen-bond acceptors (Lipinski definition) is 12. The fourth-order valence-corrected chi connectivity index (χ4v) is 19.7. The van der Waals surface area contributed by atoms with Crippen LogP contribution >= 0.6 is 23.5 Å². The van der Waals surface area contributed by atoms with Crippen molar-refractivity contribution < 1.29 is 18.9 Å². The maximum absolute atomic E-state index is 7.51. The summed E-state index contributed by atoms with van der Waals surface area (Å²) >= 11 is 3.72. The van der Waals surface area contributed by atoms with E-state index in [0.717, 1.165) is 142 Å². The van der Waals surface area contributed by atoms with Gasteiger partial charge < -0.3 is 48.3 Å². The van der Waals surface area contributed by atoms with Crippen LogP contribution in [-0.4, -0.2) is 13.4 Å². The molecule has 14 heteroatoms. The highest BCUT2D eigenvalue weighted by molar-refractivity contribution is 8.00. The van der Waals surface area contributed by atoms with E-state index in [2.05, 4.69) is 308 Å². The van der Waals surface area contributed by atoms with Gasteiger partial charge in [0.15, 0.2) is 46.0 Å². The van der Waals surface area contributed by atoms with Crippen LogP contribution in [0.25, 0.3) is 11.1 Å². The van der Waals surface area contributed by atoms with Gasteiger partial charge in [-0.05, 0) is 178 Å². The molecule has 0 saturated heterocycles. The quantitative estimate of drug-likeness (QED) is 0.158.